The van der Waals surface area contributed by atoms with E-state index < -0.39 is 29.3 Å². The average molecular weight is 443 g/mol. The van der Waals surface area contributed by atoms with E-state index in [1.54, 1.807) is 25.1 Å². The van der Waals surface area contributed by atoms with Gasteiger partial charge < -0.3 is 5.32 Å². The molecule has 3 rings (SSSR count). The molecule has 140 valence electrons. The van der Waals surface area contributed by atoms with Crippen LogP contribution in [0, 0.1) is 12.7 Å². The Morgan fingerprint density at radius 1 is 1.15 bits per heavy atom. The van der Waals surface area contributed by atoms with Crippen LogP contribution in [0.1, 0.15) is 21.7 Å². The molecule has 3 aromatic rings. The van der Waals surface area contributed by atoms with E-state index in [9.17, 15) is 22.4 Å². The summed E-state index contributed by atoms with van der Waals surface area (Å²) < 4.78 is 55.0. The summed E-state index contributed by atoms with van der Waals surface area (Å²) in [6.45, 7) is 1.69. The van der Waals surface area contributed by atoms with Gasteiger partial charge in [0.05, 0.1) is 5.69 Å². The Balaban J connectivity index is 2.02. The summed E-state index contributed by atoms with van der Waals surface area (Å²) in [7, 11) is 0. The van der Waals surface area contributed by atoms with Gasteiger partial charge in [-0.25, -0.2) is 9.07 Å². The maximum atomic E-state index is 13.6. The molecule has 5 nitrogen and oxygen atoms in total. The number of halogens is 5. The number of aryl methyl sites for hydroxylation is 1. The molecule has 0 saturated heterocycles. The van der Waals surface area contributed by atoms with Gasteiger partial charge in [-0.3, -0.25) is 4.79 Å². The van der Waals surface area contributed by atoms with E-state index in [4.69, 9.17) is 0 Å². The summed E-state index contributed by atoms with van der Waals surface area (Å²) in [5, 5.41) is 9.24. The van der Waals surface area contributed by atoms with Crippen LogP contribution in [-0.4, -0.2) is 20.9 Å². The zero-order valence-corrected chi connectivity index (χ0v) is 15.3. The van der Waals surface area contributed by atoms with E-state index in [0.29, 0.717) is 15.9 Å². The van der Waals surface area contributed by atoms with Gasteiger partial charge in [0.2, 0.25) is 0 Å². The fourth-order valence-corrected chi connectivity index (χ4v) is 2.88. The van der Waals surface area contributed by atoms with Gasteiger partial charge in [0.1, 0.15) is 5.82 Å². The van der Waals surface area contributed by atoms with Crippen molar-refractivity contribution in [3.63, 3.8) is 0 Å². The van der Waals surface area contributed by atoms with E-state index in [1.807, 2.05) is 0 Å². The molecule has 0 atom stereocenters. The third-order valence-electron chi connectivity index (χ3n) is 3.66. The van der Waals surface area contributed by atoms with Gasteiger partial charge in [-0.2, -0.15) is 13.2 Å². The molecule has 1 aromatic heterocycles. The Labute approximate surface area is 159 Å². The number of nitrogens with one attached hydrogen (secondary N) is 1. The first kappa shape index (κ1) is 19.0. The maximum Gasteiger partial charge on any atom is 0.435 e. The molecule has 10 heteroatoms. The molecule has 0 spiro atoms. The SMILES string of the molecule is Cc1cc(Br)ccc1NC(=O)c1nnn(-c2ccc(F)cc2)c1C(F)(F)F. The van der Waals surface area contributed by atoms with Crippen LogP contribution in [0.3, 0.4) is 0 Å². The molecule has 0 aliphatic carbocycles. The molecule has 2 aromatic carbocycles. The van der Waals surface area contributed by atoms with Crippen molar-refractivity contribution >= 4 is 27.5 Å². The number of alkyl halides is 3. The number of carbonyl (C=O) groups is 1. The van der Waals surface area contributed by atoms with Crippen LogP contribution in [0.25, 0.3) is 5.69 Å². The first-order valence-electron chi connectivity index (χ1n) is 7.53. The Morgan fingerprint density at radius 3 is 2.41 bits per heavy atom. The van der Waals surface area contributed by atoms with E-state index >= 15 is 0 Å². The zero-order valence-electron chi connectivity index (χ0n) is 13.7. The molecule has 0 radical (unpaired) electrons. The first-order valence-corrected chi connectivity index (χ1v) is 8.32. The number of benzene rings is 2. The molecule has 0 unspecified atom stereocenters. The van der Waals surface area contributed by atoms with Crippen molar-refractivity contribution in [1.29, 1.82) is 0 Å². The Hall–Kier alpha value is -2.75. The molecule has 0 aliphatic heterocycles. The highest BCUT2D eigenvalue weighted by Gasteiger charge is 2.42. The van der Waals surface area contributed by atoms with Crippen molar-refractivity contribution in [3.05, 3.63) is 69.7 Å². The van der Waals surface area contributed by atoms with Crippen LogP contribution in [-0.2, 0) is 6.18 Å². The standard InChI is InChI=1S/C17H11BrF4N4O/c1-9-8-10(18)2-7-13(9)23-16(27)14-15(17(20,21)22)26(25-24-14)12-5-3-11(19)4-6-12/h2-8H,1H3,(H,23,27). The van der Waals surface area contributed by atoms with Crippen LogP contribution in [0.15, 0.2) is 46.9 Å². The number of anilines is 1. The molecule has 0 aliphatic rings. The molecule has 1 amide bonds. The molecular formula is C17H11BrF4N4O. The average Bonchev–Trinajstić information content (AvgIpc) is 3.03. The van der Waals surface area contributed by atoms with Crippen molar-refractivity contribution < 1.29 is 22.4 Å². The number of nitrogens with zero attached hydrogens (tertiary/aromatic N) is 3. The van der Waals surface area contributed by atoms with Gasteiger partial charge >= 0.3 is 6.18 Å². The minimum absolute atomic E-state index is 0.0740. The lowest BCUT2D eigenvalue weighted by Gasteiger charge is -2.12. The highest BCUT2D eigenvalue weighted by Crippen LogP contribution is 2.33. The van der Waals surface area contributed by atoms with Crippen molar-refractivity contribution in [2.24, 2.45) is 0 Å². The second-order valence-corrected chi connectivity index (χ2v) is 6.50. The van der Waals surface area contributed by atoms with E-state index in [-0.39, 0.29) is 5.69 Å². The normalized spacial score (nSPS) is 11.5. The van der Waals surface area contributed by atoms with Gasteiger partial charge in [-0.05, 0) is 55.0 Å². The summed E-state index contributed by atoms with van der Waals surface area (Å²) in [5.74, 6) is -1.67. The molecule has 0 bridgehead atoms. The van der Waals surface area contributed by atoms with Crippen molar-refractivity contribution in [2.45, 2.75) is 13.1 Å². The van der Waals surface area contributed by atoms with Gasteiger partial charge in [-0.1, -0.05) is 21.1 Å². The van der Waals surface area contributed by atoms with Crippen LogP contribution in [0.2, 0.25) is 0 Å². The Kier molecular flexibility index (Phi) is 5.01. The highest BCUT2D eigenvalue weighted by molar-refractivity contribution is 9.10. The van der Waals surface area contributed by atoms with Gasteiger partial charge in [0.15, 0.2) is 11.4 Å². The van der Waals surface area contributed by atoms with Gasteiger partial charge in [-0.15, -0.1) is 5.10 Å². The monoisotopic (exact) mass is 442 g/mol. The summed E-state index contributed by atoms with van der Waals surface area (Å²) in [5.41, 5.74) is -1.31. The number of amides is 1. The van der Waals surface area contributed by atoms with Crippen molar-refractivity contribution in [3.8, 4) is 5.69 Å². The molecular weight excluding hydrogens is 432 g/mol. The minimum atomic E-state index is -4.90. The maximum absolute atomic E-state index is 13.6. The largest absolute Gasteiger partial charge is 0.435 e. The van der Waals surface area contributed by atoms with E-state index in [0.717, 1.165) is 28.7 Å². The summed E-state index contributed by atoms with van der Waals surface area (Å²) in [6, 6.07) is 9.09. The lowest BCUT2D eigenvalue weighted by atomic mass is 10.2. The van der Waals surface area contributed by atoms with Gasteiger partial charge in [0.25, 0.3) is 5.91 Å². The summed E-state index contributed by atoms with van der Waals surface area (Å²) >= 11 is 3.27. The first-order chi connectivity index (χ1) is 12.7. The molecule has 0 fully saturated rings. The fourth-order valence-electron chi connectivity index (χ4n) is 2.40. The third-order valence-corrected chi connectivity index (χ3v) is 4.15. The number of hydrogen-bond acceptors (Lipinski definition) is 3. The van der Waals surface area contributed by atoms with Crippen LogP contribution < -0.4 is 5.32 Å². The number of hydrogen-bond donors (Lipinski definition) is 1. The lowest BCUT2D eigenvalue weighted by Crippen LogP contribution is -2.21. The summed E-state index contributed by atoms with van der Waals surface area (Å²) in [4.78, 5) is 12.4. The molecule has 1 heterocycles. The zero-order chi connectivity index (χ0) is 19.8. The van der Waals surface area contributed by atoms with E-state index in [1.165, 1.54) is 0 Å². The van der Waals surface area contributed by atoms with Crippen LogP contribution >= 0.6 is 15.9 Å². The summed E-state index contributed by atoms with van der Waals surface area (Å²) in [6.07, 6.45) is -4.90. The Morgan fingerprint density at radius 2 is 1.81 bits per heavy atom. The number of rotatable bonds is 3. The van der Waals surface area contributed by atoms with Crippen molar-refractivity contribution in [1.82, 2.24) is 15.0 Å². The fraction of sp³-hybridized carbons (Fsp3) is 0.118. The second-order valence-electron chi connectivity index (χ2n) is 5.59. The highest BCUT2D eigenvalue weighted by atomic mass is 79.9. The predicted octanol–water partition coefficient (Wildman–Crippen LogP) is 4.75. The number of aromatic nitrogens is 3. The van der Waals surface area contributed by atoms with E-state index in [2.05, 4.69) is 31.6 Å². The smallest absolute Gasteiger partial charge is 0.320 e. The predicted molar refractivity (Wildman–Crippen MR) is 93.2 cm³/mol. The van der Waals surface area contributed by atoms with Crippen LogP contribution in [0.5, 0.6) is 0 Å². The second kappa shape index (κ2) is 7.10. The molecule has 27 heavy (non-hydrogen) atoms. The Bertz CT molecular complexity index is 999. The van der Waals surface area contributed by atoms with Gasteiger partial charge in [0, 0.05) is 10.2 Å². The quantitative estimate of drug-likeness (QED) is 0.595. The topological polar surface area (TPSA) is 59.8 Å². The third kappa shape index (κ3) is 4.00. The minimum Gasteiger partial charge on any atom is -0.320 e. The van der Waals surface area contributed by atoms with Crippen molar-refractivity contribution in [2.75, 3.05) is 5.32 Å². The number of carbonyl (C=O) groups excluding carboxylic acids is 1. The lowest BCUT2D eigenvalue weighted by molar-refractivity contribution is -0.143. The molecule has 1 N–H and O–H groups in total. The van der Waals surface area contributed by atoms with Crippen LogP contribution in [0.4, 0.5) is 23.2 Å². The molecule has 0 saturated carbocycles.